The zero-order valence-corrected chi connectivity index (χ0v) is 11.6. The summed E-state index contributed by atoms with van der Waals surface area (Å²) in [6, 6.07) is 1.63. The monoisotopic (exact) mass is 284 g/mol. The third-order valence-corrected chi connectivity index (χ3v) is 3.85. The fourth-order valence-corrected chi connectivity index (χ4v) is 2.43. The normalized spacial score (nSPS) is 17.8. The van der Waals surface area contributed by atoms with E-state index < -0.39 is 5.54 Å². The zero-order valence-electron chi connectivity index (χ0n) is 10.8. The van der Waals surface area contributed by atoms with Crippen LogP contribution in [-0.2, 0) is 4.74 Å². The molecule has 6 heteroatoms. The van der Waals surface area contributed by atoms with Crippen LogP contribution in [0.1, 0.15) is 23.2 Å². The number of aromatic nitrogens is 1. The number of alkyl halides is 1. The van der Waals surface area contributed by atoms with Crippen LogP contribution in [0.4, 0.5) is 0 Å². The predicted octanol–water partition coefficient (Wildman–Crippen LogP) is 1.61. The van der Waals surface area contributed by atoms with Gasteiger partial charge in [-0.05, 0) is 18.9 Å². The first-order valence-electron chi connectivity index (χ1n) is 6.15. The van der Waals surface area contributed by atoms with E-state index >= 15 is 0 Å². The Morgan fingerprint density at radius 3 is 2.95 bits per heavy atom. The zero-order chi connectivity index (χ0) is 13.7. The highest BCUT2D eigenvalue weighted by Gasteiger charge is 2.34. The van der Waals surface area contributed by atoms with Gasteiger partial charge in [0.1, 0.15) is 5.75 Å². The number of hydrogen-bond donors (Lipinski definition) is 1. The van der Waals surface area contributed by atoms with Crippen molar-refractivity contribution in [2.75, 3.05) is 26.2 Å². The first-order chi connectivity index (χ1) is 9.21. The van der Waals surface area contributed by atoms with Gasteiger partial charge in [0.05, 0.1) is 24.4 Å². The number of nitrogens with one attached hydrogen (secondary N) is 1. The Kier molecular flexibility index (Phi) is 4.61. The molecule has 19 heavy (non-hydrogen) atoms. The van der Waals surface area contributed by atoms with Gasteiger partial charge in [-0.25, -0.2) is 0 Å². The molecule has 0 radical (unpaired) electrons. The van der Waals surface area contributed by atoms with Crippen molar-refractivity contribution in [1.29, 1.82) is 0 Å². The number of halogens is 1. The molecule has 1 amide bonds. The molecule has 2 heterocycles. The number of hydrogen-bond acceptors (Lipinski definition) is 4. The van der Waals surface area contributed by atoms with Crippen molar-refractivity contribution in [3.8, 4) is 5.75 Å². The summed E-state index contributed by atoms with van der Waals surface area (Å²) in [7, 11) is 1.51. The molecule has 1 fully saturated rings. The Morgan fingerprint density at radius 1 is 1.58 bits per heavy atom. The van der Waals surface area contributed by atoms with Gasteiger partial charge in [-0.3, -0.25) is 9.78 Å². The summed E-state index contributed by atoms with van der Waals surface area (Å²) in [6.07, 6.45) is 4.52. The van der Waals surface area contributed by atoms with Crippen LogP contribution in [-0.4, -0.2) is 42.6 Å². The second kappa shape index (κ2) is 6.21. The van der Waals surface area contributed by atoms with Gasteiger partial charge in [-0.1, -0.05) is 0 Å². The van der Waals surface area contributed by atoms with Crippen LogP contribution in [0.15, 0.2) is 18.5 Å². The number of carbonyl (C=O) groups excluding carboxylic acids is 1. The van der Waals surface area contributed by atoms with Crippen LogP contribution < -0.4 is 10.1 Å². The van der Waals surface area contributed by atoms with Crippen LogP contribution >= 0.6 is 11.6 Å². The molecule has 1 aromatic heterocycles. The summed E-state index contributed by atoms with van der Waals surface area (Å²) in [5, 5.41) is 3.01. The third-order valence-electron chi connectivity index (χ3n) is 3.33. The van der Waals surface area contributed by atoms with Crippen molar-refractivity contribution in [2.24, 2.45) is 0 Å². The maximum atomic E-state index is 12.3. The minimum absolute atomic E-state index is 0.193. The number of nitrogens with zero attached hydrogens (tertiary/aromatic N) is 1. The molecule has 1 aliphatic heterocycles. The van der Waals surface area contributed by atoms with E-state index in [0.29, 0.717) is 30.4 Å². The van der Waals surface area contributed by atoms with E-state index in [0.717, 1.165) is 12.8 Å². The molecule has 104 valence electrons. The van der Waals surface area contributed by atoms with E-state index in [1.807, 2.05) is 0 Å². The van der Waals surface area contributed by atoms with Gasteiger partial charge >= 0.3 is 0 Å². The van der Waals surface area contributed by atoms with E-state index in [1.165, 1.54) is 13.3 Å². The molecule has 0 spiro atoms. The molecule has 1 N–H and O–H groups in total. The van der Waals surface area contributed by atoms with E-state index in [2.05, 4.69) is 10.3 Å². The highest BCUT2D eigenvalue weighted by molar-refractivity contribution is 6.19. The minimum Gasteiger partial charge on any atom is -0.494 e. The van der Waals surface area contributed by atoms with Crippen molar-refractivity contribution >= 4 is 17.5 Å². The van der Waals surface area contributed by atoms with Crippen molar-refractivity contribution in [3.63, 3.8) is 0 Å². The van der Waals surface area contributed by atoms with Crippen molar-refractivity contribution in [3.05, 3.63) is 24.0 Å². The molecule has 0 atom stereocenters. The van der Waals surface area contributed by atoms with Gasteiger partial charge in [0.15, 0.2) is 0 Å². The van der Waals surface area contributed by atoms with Crippen molar-refractivity contribution in [1.82, 2.24) is 10.3 Å². The van der Waals surface area contributed by atoms with Crippen molar-refractivity contribution in [2.45, 2.75) is 18.4 Å². The number of pyridine rings is 1. The van der Waals surface area contributed by atoms with Gasteiger partial charge in [0, 0.05) is 25.3 Å². The SMILES string of the molecule is COc1cnccc1C(=O)NC1(CCl)CCOCC1. The first-order valence-corrected chi connectivity index (χ1v) is 6.68. The van der Waals surface area contributed by atoms with E-state index in [9.17, 15) is 4.79 Å². The van der Waals surface area contributed by atoms with Crippen LogP contribution in [0.3, 0.4) is 0 Å². The summed E-state index contributed by atoms with van der Waals surface area (Å²) in [4.78, 5) is 16.3. The van der Waals surface area contributed by atoms with Gasteiger partial charge in [0.2, 0.25) is 0 Å². The lowest BCUT2D eigenvalue weighted by Crippen LogP contribution is -2.53. The highest BCUT2D eigenvalue weighted by Crippen LogP contribution is 2.24. The summed E-state index contributed by atoms with van der Waals surface area (Å²) in [6.45, 7) is 1.22. The average Bonchev–Trinajstić information content (AvgIpc) is 2.48. The second-order valence-electron chi connectivity index (χ2n) is 4.56. The molecule has 0 bridgehead atoms. The second-order valence-corrected chi connectivity index (χ2v) is 4.82. The lowest BCUT2D eigenvalue weighted by atomic mass is 9.92. The van der Waals surface area contributed by atoms with Gasteiger partial charge < -0.3 is 14.8 Å². The Bertz CT molecular complexity index is 447. The lowest BCUT2D eigenvalue weighted by Gasteiger charge is -2.36. The predicted molar refractivity (Wildman–Crippen MR) is 71.8 cm³/mol. The standard InChI is InChI=1S/C13H17ClN2O3/c1-18-11-8-15-5-2-10(11)12(17)16-13(9-14)3-6-19-7-4-13/h2,5,8H,3-4,6-7,9H2,1H3,(H,16,17). The third kappa shape index (κ3) is 3.16. The maximum absolute atomic E-state index is 12.3. The number of rotatable bonds is 4. The quantitative estimate of drug-likeness (QED) is 0.854. The Hall–Kier alpha value is -1.33. The molecule has 0 unspecified atom stereocenters. The summed E-state index contributed by atoms with van der Waals surface area (Å²) in [5.74, 6) is 0.633. The summed E-state index contributed by atoms with van der Waals surface area (Å²) >= 11 is 6.03. The molecule has 1 saturated heterocycles. The molecule has 5 nitrogen and oxygen atoms in total. The smallest absolute Gasteiger partial charge is 0.255 e. The Labute approximate surface area is 117 Å². The van der Waals surface area contributed by atoms with Crippen LogP contribution in [0.2, 0.25) is 0 Å². The number of methoxy groups -OCH3 is 1. The summed E-state index contributed by atoms with van der Waals surface area (Å²) in [5.41, 5.74) is 0.0685. The van der Waals surface area contributed by atoms with Crippen LogP contribution in [0, 0.1) is 0 Å². The molecular formula is C13H17ClN2O3. The Balaban J connectivity index is 2.15. The average molecular weight is 285 g/mol. The molecule has 0 saturated carbocycles. The molecule has 1 aromatic rings. The fraction of sp³-hybridized carbons (Fsp3) is 0.538. The van der Waals surface area contributed by atoms with Crippen molar-refractivity contribution < 1.29 is 14.3 Å². The molecule has 0 aliphatic carbocycles. The molecular weight excluding hydrogens is 268 g/mol. The van der Waals surface area contributed by atoms with Gasteiger partial charge in [-0.15, -0.1) is 11.6 Å². The number of carbonyl (C=O) groups is 1. The van der Waals surface area contributed by atoms with E-state index in [-0.39, 0.29) is 5.91 Å². The summed E-state index contributed by atoms with van der Waals surface area (Å²) < 4.78 is 10.5. The molecule has 0 aromatic carbocycles. The first kappa shape index (κ1) is 14.1. The largest absolute Gasteiger partial charge is 0.494 e. The highest BCUT2D eigenvalue weighted by atomic mass is 35.5. The number of amides is 1. The Morgan fingerprint density at radius 2 is 2.32 bits per heavy atom. The topological polar surface area (TPSA) is 60.5 Å². The minimum atomic E-state index is -0.398. The maximum Gasteiger partial charge on any atom is 0.255 e. The van der Waals surface area contributed by atoms with Crippen LogP contribution in [0.5, 0.6) is 5.75 Å². The van der Waals surface area contributed by atoms with Gasteiger partial charge in [0.25, 0.3) is 5.91 Å². The lowest BCUT2D eigenvalue weighted by molar-refractivity contribution is 0.0433. The fourth-order valence-electron chi connectivity index (χ4n) is 2.09. The van der Waals surface area contributed by atoms with E-state index in [4.69, 9.17) is 21.1 Å². The molecule has 1 aliphatic rings. The van der Waals surface area contributed by atoms with E-state index in [1.54, 1.807) is 12.3 Å². The van der Waals surface area contributed by atoms with Gasteiger partial charge in [-0.2, -0.15) is 0 Å². The molecule has 2 rings (SSSR count). The van der Waals surface area contributed by atoms with Crippen LogP contribution in [0.25, 0.3) is 0 Å². The number of ether oxygens (including phenoxy) is 2.